The molecule has 0 radical (unpaired) electrons. The standard InChI is InChI=1S/C20H32N2O3/c1-3-15(2)18(20(23)24)11-14-25-13-5-4-8-17-10-9-16-7-6-12-21-19(16)22-17/h9-10,15,18H,3-8,11-14H2,1-2H3,(H,21,22)(H,23,24). The molecule has 0 aliphatic carbocycles. The Morgan fingerprint density at radius 1 is 1.36 bits per heavy atom. The van der Waals surface area contributed by atoms with Gasteiger partial charge in [-0.2, -0.15) is 0 Å². The van der Waals surface area contributed by atoms with E-state index in [1.807, 2.05) is 13.8 Å². The second kappa shape index (κ2) is 10.4. The van der Waals surface area contributed by atoms with Gasteiger partial charge in [-0.25, -0.2) is 4.98 Å². The minimum atomic E-state index is -0.704. The van der Waals surface area contributed by atoms with Gasteiger partial charge in [-0.3, -0.25) is 4.79 Å². The van der Waals surface area contributed by atoms with E-state index in [0.717, 1.165) is 50.2 Å². The van der Waals surface area contributed by atoms with Crippen LogP contribution in [0.2, 0.25) is 0 Å². The first-order chi connectivity index (χ1) is 12.1. The fourth-order valence-electron chi connectivity index (χ4n) is 3.27. The molecule has 1 aromatic heterocycles. The van der Waals surface area contributed by atoms with Crippen molar-refractivity contribution in [2.24, 2.45) is 11.8 Å². The van der Waals surface area contributed by atoms with Gasteiger partial charge >= 0.3 is 5.97 Å². The number of nitrogens with one attached hydrogen (secondary N) is 1. The molecule has 0 saturated heterocycles. The minimum absolute atomic E-state index is 0.199. The van der Waals surface area contributed by atoms with Crippen LogP contribution in [-0.2, 0) is 22.4 Å². The molecule has 1 aliphatic heterocycles. The summed E-state index contributed by atoms with van der Waals surface area (Å²) in [6.07, 6.45) is 6.78. The zero-order chi connectivity index (χ0) is 18.1. The van der Waals surface area contributed by atoms with Crippen molar-refractivity contribution in [3.8, 4) is 0 Å². The molecule has 25 heavy (non-hydrogen) atoms. The maximum atomic E-state index is 11.3. The van der Waals surface area contributed by atoms with Crippen molar-refractivity contribution in [2.75, 3.05) is 25.1 Å². The summed E-state index contributed by atoms with van der Waals surface area (Å²) in [4.78, 5) is 16.0. The van der Waals surface area contributed by atoms with Crippen LogP contribution in [0.5, 0.6) is 0 Å². The molecule has 0 spiro atoms. The van der Waals surface area contributed by atoms with Crippen LogP contribution in [0.1, 0.15) is 57.2 Å². The van der Waals surface area contributed by atoms with Crippen LogP contribution in [0.4, 0.5) is 5.82 Å². The second-order valence-corrected chi connectivity index (χ2v) is 7.03. The SMILES string of the molecule is CCC(C)C(CCOCCCCc1ccc2c(n1)NCCC2)C(=O)O. The lowest BCUT2D eigenvalue weighted by atomic mass is 9.89. The number of unbranched alkanes of at least 4 members (excludes halogenated alkanes) is 1. The Hall–Kier alpha value is -1.62. The summed E-state index contributed by atoms with van der Waals surface area (Å²) >= 11 is 0. The third-order valence-electron chi connectivity index (χ3n) is 5.14. The highest BCUT2D eigenvalue weighted by molar-refractivity contribution is 5.70. The number of aliphatic carboxylic acids is 1. The fraction of sp³-hybridized carbons (Fsp3) is 0.700. The van der Waals surface area contributed by atoms with Gasteiger partial charge in [-0.05, 0) is 56.1 Å². The van der Waals surface area contributed by atoms with E-state index in [0.29, 0.717) is 19.6 Å². The number of hydrogen-bond donors (Lipinski definition) is 2. The Morgan fingerprint density at radius 3 is 2.96 bits per heavy atom. The first-order valence-electron chi connectivity index (χ1n) is 9.65. The van der Waals surface area contributed by atoms with Gasteiger partial charge in [0.2, 0.25) is 0 Å². The van der Waals surface area contributed by atoms with Crippen molar-refractivity contribution < 1.29 is 14.6 Å². The molecule has 140 valence electrons. The largest absolute Gasteiger partial charge is 0.481 e. The molecule has 1 aliphatic rings. The molecule has 2 unspecified atom stereocenters. The van der Waals surface area contributed by atoms with Crippen molar-refractivity contribution in [1.82, 2.24) is 4.98 Å². The predicted molar refractivity (Wildman–Crippen MR) is 100 cm³/mol. The summed E-state index contributed by atoms with van der Waals surface area (Å²) in [5.41, 5.74) is 2.46. The topological polar surface area (TPSA) is 71.5 Å². The Labute approximate surface area is 151 Å². The van der Waals surface area contributed by atoms with Gasteiger partial charge in [-0.1, -0.05) is 26.3 Å². The van der Waals surface area contributed by atoms with Crippen LogP contribution in [-0.4, -0.2) is 35.8 Å². The quantitative estimate of drug-likeness (QED) is 0.593. The molecule has 5 heteroatoms. The lowest BCUT2D eigenvalue weighted by Gasteiger charge is -2.18. The maximum absolute atomic E-state index is 11.3. The fourth-order valence-corrected chi connectivity index (χ4v) is 3.27. The average molecular weight is 348 g/mol. The summed E-state index contributed by atoms with van der Waals surface area (Å²) in [5, 5.41) is 12.6. The number of nitrogens with zero attached hydrogens (tertiary/aromatic N) is 1. The lowest BCUT2D eigenvalue weighted by Crippen LogP contribution is -2.23. The third-order valence-corrected chi connectivity index (χ3v) is 5.14. The average Bonchev–Trinajstić information content (AvgIpc) is 2.63. The number of carbonyl (C=O) groups is 1. The summed E-state index contributed by atoms with van der Waals surface area (Å²) in [5.74, 6) is 0.261. The number of aromatic nitrogens is 1. The minimum Gasteiger partial charge on any atom is -0.481 e. The smallest absolute Gasteiger partial charge is 0.306 e. The van der Waals surface area contributed by atoms with E-state index in [1.165, 1.54) is 12.0 Å². The molecular weight excluding hydrogens is 316 g/mol. The molecule has 0 saturated carbocycles. The number of ether oxygens (including phenoxy) is 1. The van der Waals surface area contributed by atoms with E-state index in [9.17, 15) is 9.90 Å². The Bertz CT molecular complexity index is 548. The third kappa shape index (κ3) is 6.31. The molecule has 1 aromatic rings. The molecule has 5 nitrogen and oxygen atoms in total. The number of rotatable bonds is 11. The lowest BCUT2D eigenvalue weighted by molar-refractivity contribution is -0.144. The highest BCUT2D eigenvalue weighted by Crippen LogP contribution is 2.21. The summed E-state index contributed by atoms with van der Waals surface area (Å²) < 4.78 is 5.64. The molecule has 0 bridgehead atoms. The van der Waals surface area contributed by atoms with Crippen LogP contribution < -0.4 is 5.32 Å². The summed E-state index contributed by atoms with van der Waals surface area (Å²) in [7, 11) is 0. The van der Waals surface area contributed by atoms with Crippen LogP contribution >= 0.6 is 0 Å². The first kappa shape index (κ1) is 19.7. The van der Waals surface area contributed by atoms with E-state index < -0.39 is 5.97 Å². The number of aryl methyl sites for hydroxylation is 2. The van der Waals surface area contributed by atoms with Gasteiger partial charge in [0, 0.05) is 25.5 Å². The zero-order valence-corrected chi connectivity index (χ0v) is 15.6. The molecule has 2 heterocycles. The van der Waals surface area contributed by atoms with E-state index in [-0.39, 0.29) is 11.8 Å². The molecule has 2 atom stereocenters. The van der Waals surface area contributed by atoms with E-state index >= 15 is 0 Å². The molecule has 2 rings (SSSR count). The Morgan fingerprint density at radius 2 is 2.20 bits per heavy atom. The number of pyridine rings is 1. The number of anilines is 1. The van der Waals surface area contributed by atoms with E-state index in [2.05, 4.69) is 17.4 Å². The zero-order valence-electron chi connectivity index (χ0n) is 15.6. The van der Waals surface area contributed by atoms with Gasteiger partial charge in [0.15, 0.2) is 0 Å². The van der Waals surface area contributed by atoms with Gasteiger partial charge in [-0.15, -0.1) is 0 Å². The Kier molecular flexibility index (Phi) is 8.19. The van der Waals surface area contributed by atoms with Crippen molar-refractivity contribution >= 4 is 11.8 Å². The first-order valence-corrected chi connectivity index (χ1v) is 9.65. The highest BCUT2D eigenvalue weighted by atomic mass is 16.5. The molecule has 0 aromatic carbocycles. The van der Waals surface area contributed by atoms with Gasteiger partial charge in [0.25, 0.3) is 0 Å². The van der Waals surface area contributed by atoms with Gasteiger partial charge in [0.05, 0.1) is 5.92 Å². The maximum Gasteiger partial charge on any atom is 0.306 e. The molecule has 0 fully saturated rings. The summed E-state index contributed by atoms with van der Waals surface area (Å²) in [6.45, 7) is 6.27. The van der Waals surface area contributed by atoms with Crippen LogP contribution in [0, 0.1) is 11.8 Å². The number of fused-ring (bicyclic) bond motifs is 1. The van der Waals surface area contributed by atoms with Gasteiger partial charge < -0.3 is 15.2 Å². The van der Waals surface area contributed by atoms with Crippen molar-refractivity contribution in [3.05, 3.63) is 23.4 Å². The van der Waals surface area contributed by atoms with E-state index in [1.54, 1.807) is 0 Å². The number of hydrogen-bond acceptors (Lipinski definition) is 4. The number of carboxylic acid groups (broad SMARTS) is 1. The summed E-state index contributed by atoms with van der Waals surface area (Å²) in [6, 6.07) is 4.33. The molecular formula is C20H32N2O3. The van der Waals surface area contributed by atoms with Crippen molar-refractivity contribution in [3.63, 3.8) is 0 Å². The molecule has 2 N–H and O–H groups in total. The number of carboxylic acids is 1. The second-order valence-electron chi connectivity index (χ2n) is 7.03. The van der Waals surface area contributed by atoms with Crippen molar-refractivity contribution in [1.29, 1.82) is 0 Å². The highest BCUT2D eigenvalue weighted by Gasteiger charge is 2.22. The molecule has 0 amide bonds. The van der Waals surface area contributed by atoms with E-state index in [4.69, 9.17) is 9.72 Å². The van der Waals surface area contributed by atoms with Crippen LogP contribution in [0.3, 0.4) is 0 Å². The van der Waals surface area contributed by atoms with Crippen LogP contribution in [0.15, 0.2) is 12.1 Å². The Balaban J connectivity index is 1.60. The normalized spacial score (nSPS) is 15.9. The monoisotopic (exact) mass is 348 g/mol. The van der Waals surface area contributed by atoms with Crippen molar-refractivity contribution in [2.45, 2.75) is 58.8 Å². The van der Waals surface area contributed by atoms with Gasteiger partial charge in [0.1, 0.15) is 5.82 Å². The van der Waals surface area contributed by atoms with Crippen LogP contribution in [0.25, 0.3) is 0 Å². The predicted octanol–water partition coefficient (Wildman–Crippen LogP) is 3.92.